The Kier molecular flexibility index (Phi) is 4.49. The maximum atomic E-state index is 12.3. The van der Waals surface area contributed by atoms with Crippen LogP contribution < -0.4 is 5.32 Å². The van der Waals surface area contributed by atoms with Gasteiger partial charge in [-0.25, -0.2) is 0 Å². The lowest BCUT2D eigenvalue weighted by Crippen LogP contribution is -2.42. The molecule has 0 atom stereocenters. The topological polar surface area (TPSA) is 69.6 Å². The summed E-state index contributed by atoms with van der Waals surface area (Å²) in [4.78, 5) is 25.5. The maximum absolute atomic E-state index is 12.3. The third-order valence-corrected chi connectivity index (χ3v) is 3.82. The van der Waals surface area contributed by atoms with Crippen LogP contribution in [-0.2, 0) is 4.79 Å². The second-order valence-corrected chi connectivity index (χ2v) is 5.28. The summed E-state index contributed by atoms with van der Waals surface area (Å²) in [6.07, 6.45) is 1.28. The van der Waals surface area contributed by atoms with Crippen LogP contribution in [0, 0.1) is 5.92 Å². The van der Waals surface area contributed by atoms with Crippen LogP contribution in [0.25, 0.3) is 0 Å². The molecule has 6 heteroatoms. The van der Waals surface area contributed by atoms with Crippen molar-refractivity contribution in [1.82, 2.24) is 10.2 Å². The second kappa shape index (κ2) is 6.13. The van der Waals surface area contributed by atoms with Gasteiger partial charge in [0.15, 0.2) is 0 Å². The summed E-state index contributed by atoms with van der Waals surface area (Å²) in [6, 6.07) is 4.45. The molecule has 0 unspecified atom stereocenters. The molecule has 1 saturated heterocycles. The van der Waals surface area contributed by atoms with E-state index in [9.17, 15) is 14.7 Å². The molecule has 5 nitrogen and oxygen atoms in total. The summed E-state index contributed by atoms with van der Waals surface area (Å²) in [7, 11) is 1.62. The van der Waals surface area contributed by atoms with Crippen LogP contribution in [0.4, 0.5) is 0 Å². The number of phenols is 1. The van der Waals surface area contributed by atoms with Gasteiger partial charge in [-0.2, -0.15) is 0 Å². The molecular weight excluding hydrogens is 280 g/mol. The summed E-state index contributed by atoms with van der Waals surface area (Å²) in [5.74, 6) is -0.361. The Labute approximate surface area is 122 Å². The number of nitrogens with zero attached hydrogens (tertiary/aromatic N) is 1. The van der Waals surface area contributed by atoms with Crippen molar-refractivity contribution in [2.45, 2.75) is 12.8 Å². The Hall–Kier alpha value is -1.75. The van der Waals surface area contributed by atoms with Crippen molar-refractivity contribution in [3.63, 3.8) is 0 Å². The first kappa shape index (κ1) is 14.7. The molecule has 20 heavy (non-hydrogen) atoms. The first-order valence-electron chi connectivity index (χ1n) is 6.52. The van der Waals surface area contributed by atoms with Gasteiger partial charge in [-0.1, -0.05) is 11.6 Å². The number of hydrogen-bond donors (Lipinski definition) is 2. The van der Waals surface area contributed by atoms with Gasteiger partial charge in [-0.3, -0.25) is 9.59 Å². The van der Waals surface area contributed by atoms with E-state index in [4.69, 9.17) is 11.6 Å². The highest BCUT2D eigenvalue weighted by Crippen LogP contribution is 2.25. The fourth-order valence-electron chi connectivity index (χ4n) is 2.40. The number of benzene rings is 1. The molecule has 0 saturated carbocycles. The minimum absolute atomic E-state index is 0.0199. The fraction of sp³-hybridized carbons (Fsp3) is 0.429. The first-order chi connectivity index (χ1) is 9.52. The van der Waals surface area contributed by atoms with Gasteiger partial charge in [-0.05, 0) is 31.0 Å². The van der Waals surface area contributed by atoms with Crippen LogP contribution in [0.2, 0.25) is 5.02 Å². The smallest absolute Gasteiger partial charge is 0.257 e. The molecule has 0 spiro atoms. The maximum Gasteiger partial charge on any atom is 0.257 e. The molecule has 2 amide bonds. The molecule has 1 aliphatic heterocycles. The number of nitrogens with one attached hydrogen (secondary N) is 1. The summed E-state index contributed by atoms with van der Waals surface area (Å²) in [6.45, 7) is 1.03. The minimum atomic E-state index is -0.227. The van der Waals surface area contributed by atoms with E-state index in [0.29, 0.717) is 31.0 Å². The van der Waals surface area contributed by atoms with Crippen molar-refractivity contribution < 1.29 is 14.7 Å². The van der Waals surface area contributed by atoms with Gasteiger partial charge in [0.2, 0.25) is 5.91 Å². The zero-order valence-corrected chi connectivity index (χ0v) is 12.0. The zero-order valence-electron chi connectivity index (χ0n) is 11.2. The molecule has 1 aromatic carbocycles. The number of hydrogen-bond acceptors (Lipinski definition) is 3. The zero-order chi connectivity index (χ0) is 14.7. The lowest BCUT2D eigenvalue weighted by Gasteiger charge is -2.31. The quantitative estimate of drug-likeness (QED) is 0.872. The summed E-state index contributed by atoms with van der Waals surface area (Å²) < 4.78 is 0. The van der Waals surface area contributed by atoms with Crippen LogP contribution in [0.3, 0.4) is 0 Å². The number of aromatic hydroxyl groups is 1. The number of piperidine rings is 1. The number of likely N-dealkylation sites (tertiary alicyclic amines) is 1. The minimum Gasteiger partial charge on any atom is -0.507 e. The van der Waals surface area contributed by atoms with E-state index >= 15 is 0 Å². The SMILES string of the molecule is CNC(=O)C1CCN(C(=O)c2ccc(Cl)cc2O)CC1. The predicted molar refractivity (Wildman–Crippen MR) is 75.8 cm³/mol. The van der Waals surface area contributed by atoms with Crippen LogP contribution in [0.5, 0.6) is 5.75 Å². The number of rotatable bonds is 2. The number of carbonyl (C=O) groups is 2. The first-order valence-corrected chi connectivity index (χ1v) is 6.90. The molecule has 1 fully saturated rings. The monoisotopic (exact) mass is 296 g/mol. The van der Waals surface area contributed by atoms with Crippen LogP contribution in [-0.4, -0.2) is 42.0 Å². The van der Waals surface area contributed by atoms with Gasteiger partial charge in [0, 0.05) is 31.1 Å². The lowest BCUT2D eigenvalue weighted by molar-refractivity contribution is -0.125. The highest BCUT2D eigenvalue weighted by Gasteiger charge is 2.28. The van der Waals surface area contributed by atoms with Crippen molar-refractivity contribution in [3.05, 3.63) is 28.8 Å². The van der Waals surface area contributed by atoms with Gasteiger partial charge in [0.1, 0.15) is 5.75 Å². The van der Waals surface area contributed by atoms with Gasteiger partial charge < -0.3 is 15.3 Å². The number of phenolic OH excluding ortho intramolecular Hbond substituents is 1. The highest BCUT2D eigenvalue weighted by molar-refractivity contribution is 6.30. The highest BCUT2D eigenvalue weighted by atomic mass is 35.5. The average molecular weight is 297 g/mol. The van der Waals surface area contributed by atoms with Crippen LogP contribution in [0.1, 0.15) is 23.2 Å². The largest absolute Gasteiger partial charge is 0.507 e. The summed E-state index contributed by atoms with van der Waals surface area (Å²) >= 11 is 5.75. The Morgan fingerprint density at radius 1 is 1.35 bits per heavy atom. The molecule has 108 valence electrons. The number of halogens is 1. The van der Waals surface area contributed by atoms with E-state index in [1.54, 1.807) is 18.0 Å². The summed E-state index contributed by atoms with van der Waals surface area (Å²) in [5, 5.41) is 12.8. The lowest BCUT2D eigenvalue weighted by atomic mass is 9.95. The third-order valence-electron chi connectivity index (χ3n) is 3.59. The number of carbonyl (C=O) groups excluding carboxylic acids is 2. The molecule has 0 bridgehead atoms. The van der Waals surface area contributed by atoms with E-state index in [-0.39, 0.29) is 29.0 Å². The fourth-order valence-corrected chi connectivity index (χ4v) is 2.57. The molecule has 2 N–H and O–H groups in total. The summed E-state index contributed by atoms with van der Waals surface area (Å²) in [5.41, 5.74) is 0.243. The second-order valence-electron chi connectivity index (χ2n) is 4.84. The molecule has 1 aromatic rings. The Morgan fingerprint density at radius 3 is 2.55 bits per heavy atom. The van der Waals surface area contributed by atoms with Crippen molar-refractivity contribution in [1.29, 1.82) is 0 Å². The molecule has 0 radical (unpaired) electrons. The standard InChI is InChI=1S/C14H17ClN2O3/c1-16-13(19)9-4-6-17(7-5-9)14(20)11-3-2-10(15)8-12(11)18/h2-3,8-9,18H,4-7H2,1H3,(H,16,19). The van der Waals surface area contributed by atoms with Crippen molar-refractivity contribution in [3.8, 4) is 5.75 Å². The van der Waals surface area contributed by atoms with E-state index in [2.05, 4.69) is 5.32 Å². The van der Waals surface area contributed by atoms with Crippen molar-refractivity contribution in [2.75, 3.05) is 20.1 Å². The van der Waals surface area contributed by atoms with Gasteiger partial charge in [-0.15, -0.1) is 0 Å². The van der Waals surface area contributed by atoms with E-state index < -0.39 is 0 Å². The molecule has 1 aliphatic rings. The molecule has 1 heterocycles. The van der Waals surface area contributed by atoms with Crippen LogP contribution in [0.15, 0.2) is 18.2 Å². The van der Waals surface area contributed by atoms with Crippen LogP contribution >= 0.6 is 11.6 Å². The molecule has 0 aliphatic carbocycles. The third kappa shape index (κ3) is 3.04. The van der Waals surface area contributed by atoms with E-state index in [1.807, 2.05) is 0 Å². The Balaban J connectivity index is 2.03. The normalized spacial score (nSPS) is 16.0. The van der Waals surface area contributed by atoms with E-state index in [0.717, 1.165) is 0 Å². The molecular formula is C14H17ClN2O3. The van der Waals surface area contributed by atoms with Gasteiger partial charge in [0.05, 0.1) is 5.56 Å². The Morgan fingerprint density at radius 2 is 2.00 bits per heavy atom. The average Bonchev–Trinajstić information content (AvgIpc) is 2.46. The number of amides is 2. The molecule has 2 rings (SSSR count). The van der Waals surface area contributed by atoms with Crippen molar-refractivity contribution in [2.24, 2.45) is 5.92 Å². The molecule has 0 aromatic heterocycles. The predicted octanol–water partition coefficient (Wildman–Crippen LogP) is 1.64. The van der Waals surface area contributed by atoms with Gasteiger partial charge >= 0.3 is 0 Å². The Bertz CT molecular complexity index is 525. The van der Waals surface area contributed by atoms with Gasteiger partial charge in [0.25, 0.3) is 5.91 Å². The van der Waals surface area contributed by atoms with E-state index in [1.165, 1.54) is 12.1 Å². The van der Waals surface area contributed by atoms with Crippen molar-refractivity contribution >= 4 is 23.4 Å².